The van der Waals surface area contributed by atoms with Crippen molar-refractivity contribution < 1.29 is 4.79 Å². The van der Waals surface area contributed by atoms with Crippen molar-refractivity contribution >= 4 is 23.4 Å². The van der Waals surface area contributed by atoms with Crippen LogP contribution in [0.25, 0.3) is 5.69 Å². The Morgan fingerprint density at radius 3 is 2.88 bits per heavy atom. The number of carbonyl (C=O) groups is 1. The molecule has 0 saturated carbocycles. The number of carbonyl (C=O) groups excluding carboxylic acids is 1. The van der Waals surface area contributed by atoms with Gasteiger partial charge >= 0.3 is 6.03 Å². The van der Waals surface area contributed by atoms with E-state index in [0.29, 0.717) is 17.4 Å². The molecule has 0 aliphatic heterocycles. The van der Waals surface area contributed by atoms with Gasteiger partial charge in [-0.15, -0.1) is 5.10 Å². The number of hydrogen-bond donors (Lipinski definition) is 2. The number of hydrogen-bond acceptors (Lipinski definition) is 3. The minimum Gasteiger partial charge on any atom is -0.334 e. The molecule has 0 aliphatic rings. The Kier molecular flexibility index (Phi) is 4.52. The minimum absolute atomic E-state index is 0.324. The number of rotatable bonds is 4. The lowest BCUT2D eigenvalue weighted by Gasteiger charge is -2.05. The Morgan fingerprint density at radius 1 is 1.33 bits per heavy atom. The van der Waals surface area contributed by atoms with Crippen LogP contribution >= 0.6 is 11.6 Å². The molecule has 2 heterocycles. The van der Waals surface area contributed by atoms with Crippen LogP contribution in [0.4, 0.5) is 10.6 Å². The molecule has 0 bridgehead atoms. The van der Waals surface area contributed by atoms with Crippen LogP contribution in [-0.2, 0) is 13.6 Å². The van der Waals surface area contributed by atoms with Gasteiger partial charge in [-0.05, 0) is 25.1 Å². The van der Waals surface area contributed by atoms with Gasteiger partial charge in [-0.3, -0.25) is 10.00 Å². The first-order valence-corrected chi connectivity index (χ1v) is 7.74. The van der Waals surface area contributed by atoms with Crippen LogP contribution in [0.15, 0.2) is 42.7 Å². The van der Waals surface area contributed by atoms with Crippen molar-refractivity contribution in [2.75, 3.05) is 5.32 Å². The zero-order chi connectivity index (χ0) is 17.1. The van der Waals surface area contributed by atoms with Crippen molar-refractivity contribution in [3.05, 3.63) is 59.0 Å². The summed E-state index contributed by atoms with van der Waals surface area (Å²) in [5.74, 6) is 0.469. The minimum atomic E-state index is -0.324. The standard InChI is InChI=1S/C16H17ClN6O/c1-11-6-15(21-23(11)14-5-3-4-13(17)7-14)20-16(24)18-8-12-9-19-22(2)10-12/h3-7,9-10H,8H2,1-2H3,(H2,18,20,21,24). The predicted octanol–water partition coefficient (Wildman–Crippen LogP) is 2.89. The van der Waals surface area contributed by atoms with Crippen LogP contribution in [0, 0.1) is 6.92 Å². The first kappa shape index (κ1) is 16.1. The van der Waals surface area contributed by atoms with E-state index in [0.717, 1.165) is 16.9 Å². The molecule has 24 heavy (non-hydrogen) atoms. The molecule has 8 heteroatoms. The number of aromatic nitrogens is 4. The number of nitrogens with zero attached hydrogens (tertiary/aromatic N) is 4. The molecule has 2 N–H and O–H groups in total. The van der Waals surface area contributed by atoms with Crippen molar-refractivity contribution in [1.29, 1.82) is 0 Å². The zero-order valence-corrected chi connectivity index (χ0v) is 14.1. The first-order valence-electron chi connectivity index (χ1n) is 7.36. The van der Waals surface area contributed by atoms with E-state index in [4.69, 9.17) is 11.6 Å². The maximum atomic E-state index is 12.0. The van der Waals surface area contributed by atoms with Crippen molar-refractivity contribution in [2.45, 2.75) is 13.5 Å². The summed E-state index contributed by atoms with van der Waals surface area (Å²) in [6.07, 6.45) is 3.55. The van der Waals surface area contributed by atoms with Gasteiger partial charge < -0.3 is 5.32 Å². The van der Waals surface area contributed by atoms with Gasteiger partial charge in [0.1, 0.15) is 0 Å². The van der Waals surface area contributed by atoms with Crippen LogP contribution < -0.4 is 10.6 Å². The van der Waals surface area contributed by atoms with E-state index in [1.165, 1.54) is 0 Å². The average molecular weight is 345 g/mol. The quantitative estimate of drug-likeness (QED) is 0.764. The summed E-state index contributed by atoms with van der Waals surface area (Å²) in [5, 5.41) is 14.6. The van der Waals surface area contributed by atoms with E-state index in [-0.39, 0.29) is 6.03 Å². The lowest BCUT2D eigenvalue weighted by Crippen LogP contribution is -2.28. The third kappa shape index (κ3) is 3.75. The van der Waals surface area contributed by atoms with Gasteiger partial charge in [-0.1, -0.05) is 17.7 Å². The van der Waals surface area contributed by atoms with Crippen LogP contribution in [0.3, 0.4) is 0 Å². The van der Waals surface area contributed by atoms with Crippen molar-refractivity contribution in [3.8, 4) is 5.69 Å². The summed E-state index contributed by atoms with van der Waals surface area (Å²) >= 11 is 6.01. The molecule has 0 radical (unpaired) electrons. The Hall–Kier alpha value is -2.80. The molecule has 2 amide bonds. The molecule has 0 saturated heterocycles. The number of halogens is 1. The second-order valence-corrected chi connectivity index (χ2v) is 5.83. The molecule has 2 aromatic heterocycles. The van der Waals surface area contributed by atoms with Crippen LogP contribution in [-0.4, -0.2) is 25.6 Å². The molecule has 0 spiro atoms. The van der Waals surface area contributed by atoms with E-state index < -0.39 is 0 Å². The number of nitrogens with one attached hydrogen (secondary N) is 2. The fourth-order valence-electron chi connectivity index (χ4n) is 2.31. The maximum Gasteiger partial charge on any atom is 0.320 e. The summed E-state index contributed by atoms with van der Waals surface area (Å²) in [4.78, 5) is 12.0. The van der Waals surface area contributed by atoms with E-state index in [2.05, 4.69) is 20.8 Å². The summed E-state index contributed by atoms with van der Waals surface area (Å²) in [6.45, 7) is 2.31. The Bertz CT molecular complexity index is 869. The highest BCUT2D eigenvalue weighted by Gasteiger charge is 2.09. The molecule has 1 aromatic carbocycles. The molecular weight excluding hydrogens is 328 g/mol. The predicted molar refractivity (Wildman–Crippen MR) is 92.4 cm³/mol. The fraction of sp³-hybridized carbons (Fsp3) is 0.188. The Balaban J connectivity index is 1.65. The Morgan fingerprint density at radius 2 is 2.17 bits per heavy atom. The molecule has 0 atom stereocenters. The topological polar surface area (TPSA) is 76.8 Å². The lowest BCUT2D eigenvalue weighted by atomic mass is 10.3. The summed E-state index contributed by atoms with van der Waals surface area (Å²) in [5.41, 5.74) is 2.65. The van der Waals surface area contributed by atoms with Gasteiger partial charge in [0.15, 0.2) is 5.82 Å². The SMILES string of the molecule is Cc1cc(NC(=O)NCc2cnn(C)c2)nn1-c1cccc(Cl)c1. The Labute approximate surface area is 144 Å². The molecular formula is C16H17ClN6O. The lowest BCUT2D eigenvalue weighted by molar-refractivity contribution is 0.251. The van der Waals surface area contributed by atoms with Crippen LogP contribution in [0.2, 0.25) is 5.02 Å². The van der Waals surface area contributed by atoms with Gasteiger partial charge in [0.05, 0.1) is 11.9 Å². The molecule has 3 aromatic rings. The van der Waals surface area contributed by atoms with Gasteiger partial charge in [-0.2, -0.15) is 5.10 Å². The summed E-state index contributed by atoms with van der Waals surface area (Å²) in [6, 6.07) is 8.84. The molecule has 0 aliphatic carbocycles. The second kappa shape index (κ2) is 6.76. The smallest absolute Gasteiger partial charge is 0.320 e. The van der Waals surface area contributed by atoms with Gasteiger partial charge in [-0.25, -0.2) is 9.48 Å². The third-order valence-corrected chi connectivity index (χ3v) is 3.63. The van der Waals surface area contributed by atoms with Gasteiger partial charge in [0.2, 0.25) is 0 Å². The van der Waals surface area contributed by atoms with Crippen molar-refractivity contribution in [1.82, 2.24) is 24.9 Å². The van der Waals surface area contributed by atoms with Crippen LogP contribution in [0.5, 0.6) is 0 Å². The van der Waals surface area contributed by atoms with Crippen LogP contribution in [0.1, 0.15) is 11.3 Å². The molecule has 7 nitrogen and oxygen atoms in total. The zero-order valence-electron chi connectivity index (χ0n) is 13.3. The van der Waals surface area contributed by atoms with Crippen molar-refractivity contribution in [2.24, 2.45) is 7.05 Å². The van der Waals surface area contributed by atoms with Gasteiger partial charge in [0, 0.05) is 42.1 Å². The largest absolute Gasteiger partial charge is 0.334 e. The first-order chi connectivity index (χ1) is 11.5. The highest BCUT2D eigenvalue weighted by molar-refractivity contribution is 6.30. The van der Waals surface area contributed by atoms with Gasteiger partial charge in [0.25, 0.3) is 0 Å². The van der Waals surface area contributed by atoms with E-state index in [9.17, 15) is 4.79 Å². The molecule has 0 fully saturated rings. The van der Waals surface area contributed by atoms with E-state index in [1.54, 1.807) is 27.7 Å². The maximum absolute atomic E-state index is 12.0. The number of aryl methyl sites for hydroxylation is 2. The number of amides is 2. The van der Waals surface area contributed by atoms with E-state index >= 15 is 0 Å². The highest BCUT2D eigenvalue weighted by Crippen LogP contribution is 2.18. The second-order valence-electron chi connectivity index (χ2n) is 5.39. The third-order valence-electron chi connectivity index (χ3n) is 3.39. The van der Waals surface area contributed by atoms with E-state index in [1.807, 2.05) is 38.4 Å². The monoisotopic (exact) mass is 344 g/mol. The number of anilines is 1. The number of urea groups is 1. The summed E-state index contributed by atoms with van der Waals surface area (Å²) < 4.78 is 3.41. The molecule has 124 valence electrons. The average Bonchev–Trinajstić information content (AvgIpc) is 3.11. The fourth-order valence-corrected chi connectivity index (χ4v) is 2.50. The molecule has 0 unspecified atom stereocenters. The molecule has 3 rings (SSSR count). The van der Waals surface area contributed by atoms with Crippen molar-refractivity contribution in [3.63, 3.8) is 0 Å². The number of benzene rings is 1. The summed E-state index contributed by atoms with van der Waals surface area (Å²) in [7, 11) is 1.83. The normalized spacial score (nSPS) is 10.6. The highest BCUT2D eigenvalue weighted by atomic mass is 35.5.